The van der Waals surface area contributed by atoms with Crippen LogP contribution in [0.1, 0.15) is 17.3 Å². The molecule has 1 aromatic carbocycles. The molecular formula is C16H20N2O3. The number of carbonyl (C=O) groups is 1. The third-order valence-corrected chi connectivity index (χ3v) is 4.13. The van der Waals surface area contributed by atoms with E-state index < -0.39 is 0 Å². The van der Waals surface area contributed by atoms with Crippen LogP contribution < -0.4 is 0 Å². The molecule has 1 aromatic heterocycles. The van der Waals surface area contributed by atoms with E-state index in [1.807, 2.05) is 49.0 Å². The zero-order valence-corrected chi connectivity index (χ0v) is 12.3. The fraction of sp³-hybridized carbons (Fsp3) is 0.438. The second-order valence-corrected chi connectivity index (χ2v) is 5.61. The van der Waals surface area contributed by atoms with E-state index in [0.717, 1.165) is 10.9 Å². The molecule has 112 valence electrons. The minimum Gasteiger partial charge on any atom is -0.394 e. The Kier molecular flexibility index (Phi) is 3.69. The third-order valence-electron chi connectivity index (χ3n) is 4.13. The lowest BCUT2D eigenvalue weighted by molar-refractivity contribution is -0.0666. The molecule has 0 saturated carbocycles. The van der Waals surface area contributed by atoms with Crippen molar-refractivity contribution < 1.29 is 14.6 Å². The largest absolute Gasteiger partial charge is 0.394 e. The van der Waals surface area contributed by atoms with E-state index >= 15 is 0 Å². The smallest absolute Gasteiger partial charge is 0.254 e. The standard InChI is InChI=1S/C16H20N2O3/c1-11-10-21-12(9-19)8-18(11)16(20)14-4-3-5-15-13(14)6-7-17(15)2/h3-7,11-12,19H,8-10H2,1-2H3. The van der Waals surface area contributed by atoms with Crippen molar-refractivity contribution in [3.8, 4) is 0 Å². The summed E-state index contributed by atoms with van der Waals surface area (Å²) in [6.07, 6.45) is 1.67. The number of benzene rings is 1. The lowest BCUT2D eigenvalue weighted by Gasteiger charge is -2.37. The average molecular weight is 288 g/mol. The number of ether oxygens (including phenoxy) is 1. The van der Waals surface area contributed by atoms with Gasteiger partial charge in [0.05, 0.1) is 25.4 Å². The summed E-state index contributed by atoms with van der Waals surface area (Å²) in [5.41, 5.74) is 1.75. The SMILES string of the molecule is CC1COC(CO)CN1C(=O)c1cccc2c1ccn2C. The molecular weight excluding hydrogens is 268 g/mol. The van der Waals surface area contributed by atoms with Crippen molar-refractivity contribution in [2.75, 3.05) is 19.8 Å². The number of aryl methyl sites for hydroxylation is 1. The van der Waals surface area contributed by atoms with Crippen LogP contribution in [0.4, 0.5) is 0 Å². The summed E-state index contributed by atoms with van der Waals surface area (Å²) in [4.78, 5) is 14.7. The van der Waals surface area contributed by atoms with Gasteiger partial charge in [0.2, 0.25) is 0 Å². The van der Waals surface area contributed by atoms with E-state index in [2.05, 4.69) is 0 Å². The number of hydrogen-bond acceptors (Lipinski definition) is 3. The van der Waals surface area contributed by atoms with E-state index in [4.69, 9.17) is 4.74 Å². The summed E-state index contributed by atoms with van der Waals surface area (Å²) in [5.74, 6) is 0.000972. The van der Waals surface area contributed by atoms with E-state index in [0.29, 0.717) is 18.7 Å². The highest BCUT2D eigenvalue weighted by molar-refractivity contribution is 6.06. The molecule has 1 fully saturated rings. The van der Waals surface area contributed by atoms with Gasteiger partial charge in [0, 0.05) is 36.3 Å². The van der Waals surface area contributed by atoms with E-state index in [9.17, 15) is 9.90 Å². The molecule has 0 radical (unpaired) electrons. The maximum atomic E-state index is 12.9. The zero-order valence-electron chi connectivity index (χ0n) is 12.3. The maximum Gasteiger partial charge on any atom is 0.254 e. The monoisotopic (exact) mass is 288 g/mol. The number of amides is 1. The highest BCUT2D eigenvalue weighted by Crippen LogP contribution is 2.23. The molecule has 0 spiro atoms. The number of morpholine rings is 1. The molecule has 5 heteroatoms. The summed E-state index contributed by atoms with van der Waals surface area (Å²) in [5, 5.41) is 10.2. The Hall–Kier alpha value is -1.85. The summed E-state index contributed by atoms with van der Waals surface area (Å²) >= 11 is 0. The number of aromatic nitrogens is 1. The maximum absolute atomic E-state index is 12.9. The summed E-state index contributed by atoms with van der Waals surface area (Å²) in [6.45, 7) is 2.80. The molecule has 0 bridgehead atoms. The summed E-state index contributed by atoms with van der Waals surface area (Å²) in [6, 6.07) is 7.76. The minimum atomic E-state index is -0.292. The van der Waals surface area contributed by atoms with Gasteiger partial charge in [-0.1, -0.05) is 6.07 Å². The fourth-order valence-corrected chi connectivity index (χ4v) is 2.85. The van der Waals surface area contributed by atoms with Gasteiger partial charge in [-0.05, 0) is 25.1 Å². The fourth-order valence-electron chi connectivity index (χ4n) is 2.85. The van der Waals surface area contributed by atoms with Crippen LogP contribution in [0, 0.1) is 0 Å². The number of fused-ring (bicyclic) bond motifs is 1. The van der Waals surface area contributed by atoms with Gasteiger partial charge in [0.15, 0.2) is 0 Å². The van der Waals surface area contributed by atoms with Crippen LogP contribution in [0.5, 0.6) is 0 Å². The van der Waals surface area contributed by atoms with Gasteiger partial charge in [-0.3, -0.25) is 4.79 Å². The number of aliphatic hydroxyl groups is 1. The number of carbonyl (C=O) groups excluding carboxylic acids is 1. The van der Waals surface area contributed by atoms with Crippen LogP contribution in [-0.4, -0.2) is 52.4 Å². The Balaban J connectivity index is 1.96. The number of hydrogen-bond donors (Lipinski definition) is 1. The number of aliphatic hydroxyl groups excluding tert-OH is 1. The van der Waals surface area contributed by atoms with E-state index in [-0.39, 0.29) is 24.7 Å². The van der Waals surface area contributed by atoms with Gasteiger partial charge in [0.1, 0.15) is 0 Å². The van der Waals surface area contributed by atoms with Crippen molar-refractivity contribution in [1.29, 1.82) is 0 Å². The minimum absolute atomic E-state index is 0.000972. The van der Waals surface area contributed by atoms with Crippen molar-refractivity contribution >= 4 is 16.8 Å². The molecule has 1 aliphatic heterocycles. The van der Waals surface area contributed by atoms with Crippen LogP contribution >= 0.6 is 0 Å². The van der Waals surface area contributed by atoms with Crippen LogP contribution in [0.2, 0.25) is 0 Å². The second-order valence-electron chi connectivity index (χ2n) is 5.61. The third kappa shape index (κ3) is 2.43. The Morgan fingerprint density at radius 3 is 3.00 bits per heavy atom. The zero-order chi connectivity index (χ0) is 15.0. The molecule has 2 unspecified atom stereocenters. The van der Waals surface area contributed by atoms with Gasteiger partial charge in [-0.15, -0.1) is 0 Å². The van der Waals surface area contributed by atoms with Crippen LogP contribution in [0.15, 0.2) is 30.5 Å². The predicted molar refractivity (Wildman–Crippen MR) is 80.2 cm³/mol. The van der Waals surface area contributed by atoms with Crippen LogP contribution in [0.25, 0.3) is 10.9 Å². The lowest BCUT2D eigenvalue weighted by Crippen LogP contribution is -2.52. The first kappa shape index (κ1) is 14.1. The first-order valence-electron chi connectivity index (χ1n) is 7.19. The van der Waals surface area contributed by atoms with Gasteiger partial charge in [0.25, 0.3) is 5.91 Å². The molecule has 2 heterocycles. The summed E-state index contributed by atoms with van der Waals surface area (Å²) < 4.78 is 7.50. The van der Waals surface area contributed by atoms with Gasteiger partial charge in [-0.25, -0.2) is 0 Å². The molecule has 0 aliphatic carbocycles. The van der Waals surface area contributed by atoms with Crippen LogP contribution in [0.3, 0.4) is 0 Å². The Morgan fingerprint density at radius 1 is 1.43 bits per heavy atom. The average Bonchev–Trinajstić information content (AvgIpc) is 2.89. The molecule has 1 aliphatic rings. The molecule has 5 nitrogen and oxygen atoms in total. The van der Waals surface area contributed by atoms with Gasteiger partial charge >= 0.3 is 0 Å². The van der Waals surface area contributed by atoms with Gasteiger partial charge < -0.3 is 19.3 Å². The lowest BCUT2D eigenvalue weighted by atomic mass is 10.1. The van der Waals surface area contributed by atoms with Crippen molar-refractivity contribution in [3.05, 3.63) is 36.0 Å². The first-order chi connectivity index (χ1) is 10.1. The first-order valence-corrected chi connectivity index (χ1v) is 7.19. The van der Waals surface area contributed by atoms with Crippen LogP contribution in [-0.2, 0) is 11.8 Å². The van der Waals surface area contributed by atoms with Crippen molar-refractivity contribution in [2.45, 2.75) is 19.1 Å². The molecule has 2 aromatic rings. The normalized spacial score (nSPS) is 22.7. The van der Waals surface area contributed by atoms with E-state index in [1.54, 1.807) is 4.90 Å². The second kappa shape index (κ2) is 5.50. The van der Waals surface area contributed by atoms with Crippen molar-refractivity contribution in [3.63, 3.8) is 0 Å². The quantitative estimate of drug-likeness (QED) is 0.909. The van der Waals surface area contributed by atoms with Crippen molar-refractivity contribution in [1.82, 2.24) is 9.47 Å². The number of rotatable bonds is 2. The molecule has 1 amide bonds. The summed E-state index contributed by atoms with van der Waals surface area (Å²) in [7, 11) is 1.97. The van der Waals surface area contributed by atoms with Crippen molar-refractivity contribution in [2.24, 2.45) is 7.05 Å². The highest BCUT2D eigenvalue weighted by atomic mass is 16.5. The Labute approximate surface area is 123 Å². The predicted octanol–water partition coefficient (Wildman–Crippen LogP) is 1.40. The molecule has 3 rings (SSSR count). The number of nitrogens with zero attached hydrogens (tertiary/aromatic N) is 2. The molecule has 21 heavy (non-hydrogen) atoms. The Morgan fingerprint density at radius 2 is 2.24 bits per heavy atom. The molecule has 1 N–H and O–H groups in total. The molecule has 2 atom stereocenters. The Bertz CT molecular complexity index is 665. The topological polar surface area (TPSA) is 54.7 Å². The van der Waals surface area contributed by atoms with E-state index in [1.165, 1.54) is 0 Å². The van der Waals surface area contributed by atoms with Gasteiger partial charge in [-0.2, -0.15) is 0 Å². The highest BCUT2D eigenvalue weighted by Gasteiger charge is 2.30. The molecule has 1 saturated heterocycles.